The molecule has 138 valence electrons. The van der Waals surface area contributed by atoms with Gasteiger partial charge in [0.1, 0.15) is 0 Å². The second-order valence-electron chi connectivity index (χ2n) is 6.57. The van der Waals surface area contributed by atoms with Crippen LogP contribution in [0.3, 0.4) is 0 Å². The molecule has 2 heterocycles. The normalized spacial score (nSPS) is 16.0. The van der Waals surface area contributed by atoms with Gasteiger partial charge in [0, 0.05) is 12.2 Å². The summed E-state index contributed by atoms with van der Waals surface area (Å²) in [7, 11) is 0. The molecule has 0 aromatic heterocycles. The number of rotatable bonds is 5. The van der Waals surface area contributed by atoms with Gasteiger partial charge in [0.2, 0.25) is 0 Å². The van der Waals surface area contributed by atoms with Crippen LogP contribution in [0.25, 0.3) is 11.1 Å². The van der Waals surface area contributed by atoms with Gasteiger partial charge in [0.25, 0.3) is 23.6 Å². The third-order valence-electron chi connectivity index (χ3n) is 4.79. The largest absolute Gasteiger partial charge is 0.289 e. The SMILES string of the molecule is O=C1C=C(c2ccccc2CCc2ccccc2C2=CC(=O)NC2=O)C(=O)N1. The lowest BCUT2D eigenvalue weighted by atomic mass is 9.92. The number of amides is 4. The van der Waals surface area contributed by atoms with Gasteiger partial charge >= 0.3 is 0 Å². The fourth-order valence-electron chi connectivity index (χ4n) is 3.50. The molecule has 0 saturated carbocycles. The van der Waals surface area contributed by atoms with E-state index in [9.17, 15) is 19.2 Å². The molecule has 0 atom stereocenters. The molecule has 6 nitrogen and oxygen atoms in total. The smallest absolute Gasteiger partial charge is 0.258 e. The van der Waals surface area contributed by atoms with Crippen molar-refractivity contribution in [3.05, 3.63) is 82.9 Å². The van der Waals surface area contributed by atoms with E-state index < -0.39 is 23.6 Å². The van der Waals surface area contributed by atoms with E-state index in [-0.39, 0.29) is 0 Å². The molecule has 0 unspecified atom stereocenters. The average Bonchev–Trinajstić information content (AvgIpc) is 3.20. The molecule has 0 radical (unpaired) electrons. The van der Waals surface area contributed by atoms with Gasteiger partial charge in [-0.2, -0.15) is 0 Å². The van der Waals surface area contributed by atoms with Crippen molar-refractivity contribution < 1.29 is 19.2 Å². The minimum atomic E-state index is -0.413. The molecule has 2 aliphatic rings. The van der Waals surface area contributed by atoms with Gasteiger partial charge in [0.15, 0.2) is 0 Å². The molecular formula is C22H16N2O4. The molecule has 0 fully saturated rings. The highest BCUT2D eigenvalue weighted by molar-refractivity contribution is 6.34. The summed E-state index contributed by atoms with van der Waals surface area (Å²) in [6.07, 6.45) is 3.84. The lowest BCUT2D eigenvalue weighted by Gasteiger charge is -2.12. The Morgan fingerprint density at radius 2 is 0.964 bits per heavy atom. The van der Waals surface area contributed by atoms with Gasteiger partial charge in [-0.3, -0.25) is 29.8 Å². The van der Waals surface area contributed by atoms with Gasteiger partial charge in [0.05, 0.1) is 11.1 Å². The first kappa shape index (κ1) is 17.6. The fraction of sp³-hybridized carbons (Fsp3) is 0.0909. The van der Waals surface area contributed by atoms with Crippen LogP contribution in [0.15, 0.2) is 60.7 Å². The quantitative estimate of drug-likeness (QED) is 0.779. The van der Waals surface area contributed by atoms with Crippen molar-refractivity contribution in [2.45, 2.75) is 12.8 Å². The standard InChI is InChI=1S/C22H16N2O4/c25-19-11-17(21(27)23-19)15-7-3-1-5-13(15)9-10-14-6-2-4-8-16(14)18-12-20(26)24-22(18)28/h1-8,11-12H,9-10H2,(H,23,25,27)(H,24,26,28). The zero-order chi connectivity index (χ0) is 19.7. The summed E-state index contributed by atoms with van der Waals surface area (Å²) in [6.45, 7) is 0. The van der Waals surface area contributed by atoms with E-state index in [1.807, 2.05) is 48.5 Å². The maximum Gasteiger partial charge on any atom is 0.258 e. The number of imide groups is 2. The molecule has 2 aromatic rings. The van der Waals surface area contributed by atoms with E-state index in [1.165, 1.54) is 12.2 Å². The first-order valence-corrected chi connectivity index (χ1v) is 8.83. The Morgan fingerprint density at radius 1 is 0.571 bits per heavy atom. The van der Waals surface area contributed by atoms with Gasteiger partial charge in [-0.25, -0.2) is 0 Å². The van der Waals surface area contributed by atoms with Crippen molar-refractivity contribution in [1.29, 1.82) is 0 Å². The number of carbonyl (C=O) groups is 4. The molecule has 4 amide bonds. The van der Waals surface area contributed by atoms with Crippen LogP contribution in [0.4, 0.5) is 0 Å². The van der Waals surface area contributed by atoms with Crippen molar-refractivity contribution in [2.75, 3.05) is 0 Å². The number of hydrogen-bond donors (Lipinski definition) is 2. The van der Waals surface area contributed by atoms with Crippen LogP contribution >= 0.6 is 0 Å². The number of aryl methyl sites for hydroxylation is 2. The van der Waals surface area contributed by atoms with Crippen molar-refractivity contribution >= 4 is 34.8 Å². The molecule has 0 bridgehead atoms. The zero-order valence-electron chi connectivity index (χ0n) is 14.8. The maximum absolute atomic E-state index is 12.0. The summed E-state index contributed by atoms with van der Waals surface area (Å²) in [5, 5.41) is 4.53. The second-order valence-corrected chi connectivity index (χ2v) is 6.57. The Morgan fingerprint density at radius 3 is 1.32 bits per heavy atom. The van der Waals surface area contributed by atoms with Crippen LogP contribution in [0.2, 0.25) is 0 Å². The molecule has 4 rings (SSSR count). The Hall–Kier alpha value is -3.80. The molecule has 0 aliphatic carbocycles. The lowest BCUT2D eigenvalue weighted by molar-refractivity contribution is -0.124. The lowest BCUT2D eigenvalue weighted by Crippen LogP contribution is -2.22. The van der Waals surface area contributed by atoms with E-state index in [2.05, 4.69) is 10.6 Å². The van der Waals surface area contributed by atoms with Crippen LogP contribution in [-0.2, 0) is 32.0 Å². The van der Waals surface area contributed by atoms with E-state index >= 15 is 0 Å². The highest BCUT2D eigenvalue weighted by atomic mass is 16.2. The van der Waals surface area contributed by atoms with E-state index in [1.54, 1.807) is 0 Å². The summed E-state index contributed by atoms with van der Waals surface area (Å²) in [4.78, 5) is 47.0. The van der Waals surface area contributed by atoms with Crippen LogP contribution in [0.1, 0.15) is 22.3 Å². The Bertz CT molecular complexity index is 1010. The molecule has 0 saturated heterocycles. The summed E-state index contributed by atoms with van der Waals surface area (Å²) in [5.74, 6) is -1.62. The van der Waals surface area contributed by atoms with Crippen LogP contribution in [0.5, 0.6) is 0 Å². The summed E-state index contributed by atoms with van der Waals surface area (Å²) >= 11 is 0. The van der Waals surface area contributed by atoms with Gasteiger partial charge in [-0.05, 0) is 35.1 Å². The molecular weight excluding hydrogens is 356 g/mol. The Balaban J connectivity index is 1.62. The van der Waals surface area contributed by atoms with Crippen LogP contribution < -0.4 is 10.6 Å². The monoisotopic (exact) mass is 372 g/mol. The second kappa shape index (κ2) is 7.08. The highest BCUT2D eigenvalue weighted by Crippen LogP contribution is 2.26. The van der Waals surface area contributed by atoms with Crippen LogP contribution in [0, 0.1) is 0 Å². The van der Waals surface area contributed by atoms with Gasteiger partial charge < -0.3 is 0 Å². The topological polar surface area (TPSA) is 92.3 Å². The van der Waals surface area contributed by atoms with Gasteiger partial charge in [-0.1, -0.05) is 48.5 Å². The predicted octanol–water partition coefficient (Wildman–Crippen LogP) is 1.55. The molecule has 6 heteroatoms. The third-order valence-corrected chi connectivity index (χ3v) is 4.79. The molecule has 2 aliphatic heterocycles. The van der Waals surface area contributed by atoms with E-state index in [0.717, 1.165) is 22.3 Å². The number of nitrogens with one attached hydrogen (secondary N) is 2. The van der Waals surface area contributed by atoms with Crippen molar-refractivity contribution in [3.63, 3.8) is 0 Å². The van der Waals surface area contributed by atoms with Crippen LogP contribution in [-0.4, -0.2) is 23.6 Å². The number of hydrogen-bond acceptors (Lipinski definition) is 4. The summed E-state index contributed by atoms with van der Waals surface area (Å²) < 4.78 is 0. The number of benzene rings is 2. The van der Waals surface area contributed by atoms with Crippen molar-refractivity contribution in [1.82, 2.24) is 10.6 Å². The molecule has 0 spiro atoms. The molecule has 28 heavy (non-hydrogen) atoms. The summed E-state index contributed by atoms with van der Waals surface area (Å²) in [5.41, 5.74) is 4.01. The van der Waals surface area contributed by atoms with E-state index in [0.29, 0.717) is 24.0 Å². The Labute approximate surface area is 160 Å². The third kappa shape index (κ3) is 3.27. The van der Waals surface area contributed by atoms with Crippen molar-refractivity contribution in [2.24, 2.45) is 0 Å². The minimum Gasteiger partial charge on any atom is -0.289 e. The fourth-order valence-corrected chi connectivity index (χ4v) is 3.50. The zero-order valence-corrected chi connectivity index (χ0v) is 14.8. The maximum atomic E-state index is 12.0. The summed E-state index contributed by atoms with van der Waals surface area (Å²) in [6, 6.07) is 14.9. The Kier molecular flexibility index (Phi) is 4.45. The first-order valence-electron chi connectivity index (χ1n) is 8.83. The van der Waals surface area contributed by atoms with Gasteiger partial charge in [-0.15, -0.1) is 0 Å². The predicted molar refractivity (Wildman–Crippen MR) is 103 cm³/mol. The highest BCUT2D eigenvalue weighted by Gasteiger charge is 2.25. The molecule has 2 aromatic carbocycles. The molecule has 2 N–H and O–H groups in total. The van der Waals surface area contributed by atoms with Crippen molar-refractivity contribution in [3.8, 4) is 0 Å². The minimum absolute atomic E-state index is 0.359. The van der Waals surface area contributed by atoms with E-state index in [4.69, 9.17) is 0 Å². The number of carbonyl (C=O) groups excluding carboxylic acids is 4. The average molecular weight is 372 g/mol. The first-order chi connectivity index (χ1) is 13.5.